The highest BCUT2D eigenvalue weighted by Crippen LogP contribution is 2.37. The first-order chi connectivity index (χ1) is 13.4. The van der Waals surface area contributed by atoms with Crippen molar-refractivity contribution in [3.8, 4) is 0 Å². The van der Waals surface area contributed by atoms with Crippen molar-refractivity contribution in [2.24, 2.45) is 10.6 Å². The number of aromatic nitrogens is 3. The lowest BCUT2D eigenvalue weighted by molar-refractivity contribution is -0.137. The zero-order chi connectivity index (χ0) is 21.8. The molecule has 29 heavy (non-hydrogen) atoms. The van der Waals surface area contributed by atoms with Crippen LogP contribution in [0.1, 0.15) is 26.3 Å². The molecule has 2 rings (SSSR count). The van der Waals surface area contributed by atoms with Crippen LogP contribution in [0.3, 0.4) is 0 Å². The summed E-state index contributed by atoms with van der Waals surface area (Å²) in [4.78, 5) is 21.2. The summed E-state index contributed by atoms with van der Waals surface area (Å²) in [6.45, 7) is 5.93. The number of carbonyl (C=O) groups is 1. The van der Waals surface area contributed by atoms with Gasteiger partial charge in [-0.25, -0.2) is 18.8 Å². The summed E-state index contributed by atoms with van der Waals surface area (Å²) in [5.41, 5.74) is -0.872. The summed E-state index contributed by atoms with van der Waals surface area (Å²) in [5.74, 6) is 0. The predicted octanol–water partition coefficient (Wildman–Crippen LogP) is 5.13. The number of amides is 1. The van der Waals surface area contributed by atoms with Crippen LogP contribution in [0.25, 0.3) is 0 Å². The van der Waals surface area contributed by atoms with E-state index < -0.39 is 28.3 Å². The second-order valence-electron chi connectivity index (χ2n) is 6.97. The van der Waals surface area contributed by atoms with E-state index in [0.717, 1.165) is 28.4 Å². The Bertz CT molecular complexity index is 882. The van der Waals surface area contributed by atoms with Gasteiger partial charge in [0.15, 0.2) is 0 Å². The van der Waals surface area contributed by atoms with E-state index in [4.69, 9.17) is 16.4 Å². The van der Waals surface area contributed by atoms with Crippen LogP contribution in [0.5, 0.6) is 0 Å². The molecule has 0 bridgehead atoms. The minimum atomic E-state index is -4.60. The van der Waals surface area contributed by atoms with Crippen molar-refractivity contribution < 1.29 is 22.8 Å². The highest BCUT2D eigenvalue weighted by atomic mass is 35.5. The molecule has 0 aliphatic rings. The summed E-state index contributed by atoms with van der Waals surface area (Å²) < 4.78 is 41.5. The molecular formula is C17H19ClF3N5O2S. The van der Waals surface area contributed by atoms with Gasteiger partial charge in [-0.05, 0) is 30.1 Å². The summed E-state index contributed by atoms with van der Waals surface area (Å²) in [6, 6.07) is 3.37. The number of alkyl halides is 3. The summed E-state index contributed by atoms with van der Waals surface area (Å²) in [7, 11) is 1.36. The Morgan fingerprint density at radius 1 is 1.34 bits per heavy atom. The van der Waals surface area contributed by atoms with E-state index in [1.807, 2.05) is 20.8 Å². The smallest absolute Gasteiger partial charge is 0.297 e. The maximum Gasteiger partial charge on any atom is 0.446 e. The monoisotopic (exact) mass is 449 g/mol. The number of benzene rings is 1. The molecule has 0 aliphatic heterocycles. The molecule has 0 fully saturated rings. The lowest BCUT2D eigenvalue weighted by Gasteiger charge is -2.21. The molecule has 1 aromatic heterocycles. The molecule has 0 radical (unpaired) electrons. The van der Waals surface area contributed by atoms with E-state index in [0.29, 0.717) is 5.71 Å². The normalized spacial score (nSPS) is 12.8. The Kier molecular flexibility index (Phi) is 7.17. The third-order valence-electron chi connectivity index (χ3n) is 3.62. The molecule has 12 heteroatoms. The van der Waals surface area contributed by atoms with Crippen molar-refractivity contribution in [1.82, 2.24) is 19.1 Å². The first-order valence-corrected chi connectivity index (χ1v) is 9.42. The Balaban J connectivity index is 2.08. The van der Waals surface area contributed by atoms with Crippen LogP contribution < -0.4 is 0 Å². The molecule has 0 N–H and O–H groups in total. The second kappa shape index (κ2) is 9.04. The summed E-state index contributed by atoms with van der Waals surface area (Å²) in [6.07, 6.45) is -2.57. The molecule has 0 aliphatic carbocycles. The Labute approximate surface area is 175 Å². The van der Waals surface area contributed by atoms with Gasteiger partial charge in [0, 0.05) is 17.4 Å². The predicted molar refractivity (Wildman–Crippen MR) is 103 cm³/mol. The van der Waals surface area contributed by atoms with Gasteiger partial charge < -0.3 is 0 Å². The second-order valence-corrected chi connectivity index (χ2v) is 8.58. The maximum absolute atomic E-state index is 13.0. The molecule has 0 saturated heterocycles. The molecule has 0 unspecified atom stereocenters. The van der Waals surface area contributed by atoms with Gasteiger partial charge in [-0.2, -0.15) is 18.3 Å². The molecule has 158 valence electrons. The van der Waals surface area contributed by atoms with Gasteiger partial charge in [0.1, 0.15) is 12.7 Å². The van der Waals surface area contributed by atoms with Crippen LogP contribution in [0.4, 0.5) is 18.0 Å². The fourth-order valence-electron chi connectivity index (χ4n) is 2.00. The third-order valence-corrected chi connectivity index (χ3v) is 4.84. The van der Waals surface area contributed by atoms with Gasteiger partial charge in [-0.3, -0.25) is 4.84 Å². The van der Waals surface area contributed by atoms with Crippen molar-refractivity contribution in [3.05, 3.63) is 41.4 Å². The number of hydrogen-bond donors (Lipinski definition) is 0. The largest absolute Gasteiger partial charge is 0.446 e. The van der Waals surface area contributed by atoms with Crippen molar-refractivity contribution >= 4 is 35.4 Å². The molecule has 2 aromatic rings. The average molecular weight is 450 g/mol. The Morgan fingerprint density at radius 3 is 2.59 bits per heavy atom. The van der Waals surface area contributed by atoms with Crippen molar-refractivity contribution in [2.75, 3.05) is 7.05 Å². The molecule has 0 saturated carbocycles. The van der Waals surface area contributed by atoms with Gasteiger partial charge in [-0.1, -0.05) is 37.5 Å². The van der Waals surface area contributed by atoms with E-state index in [1.165, 1.54) is 30.5 Å². The van der Waals surface area contributed by atoms with Gasteiger partial charge in [0.05, 0.1) is 22.8 Å². The Hall–Kier alpha value is -2.27. The van der Waals surface area contributed by atoms with Crippen LogP contribution in [-0.4, -0.2) is 37.9 Å². The first-order valence-electron chi connectivity index (χ1n) is 8.27. The molecule has 1 amide bonds. The quantitative estimate of drug-likeness (QED) is 0.274. The molecule has 0 spiro atoms. The number of hydrogen-bond acceptors (Lipinski definition) is 6. The summed E-state index contributed by atoms with van der Waals surface area (Å²) in [5, 5.41) is 7.50. The molecule has 0 atom stereocenters. The standard InChI is InChI=1S/C17H19ClF3N5O2S/c1-16(2,3)14(8-26-10-22-9-23-26)24-28-15(27)25(4)29-11-5-6-13(18)12(7-11)17(19,20)21/h5-7,9-10H,8H2,1-4H3. The minimum Gasteiger partial charge on any atom is -0.297 e. The van der Waals surface area contributed by atoms with E-state index in [1.54, 1.807) is 0 Å². The number of carbonyl (C=O) groups excluding carboxylic acids is 1. The third kappa shape index (κ3) is 6.64. The van der Waals surface area contributed by atoms with Gasteiger partial charge >= 0.3 is 12.3 Å². The molecule has 1 aromatic carbocycles. The highest BCUT2D eigenvalue weighted by molar-refractivity contribution is 7.97. The van der Waals surface area contributed by atoms with Crippen LogP contribution >= 0.6 is 23.5 Å². The first kappa shape index (κ1) is 23.0. The number of halogens is 4. The van der Waals surface area contributed by atoms with Crippen molar-refractivity contribution in [2.45, 2.75) is 38.4 Å². The fourth-order valence-corrected chi connectivity index (χ4v) is 2.94. The Morgan fingerprint density at radius 2 is 2.03 bits per heavy atom. The van der Waals surface area contributed by atoms with Crippen LogP contribution in [-0.2, 0) is 17.6 Å². The molecule has 1 heterocycles. The van der Waals surface area contributed by atoms with Gasteiger partial charge in [0.2, 0.25) is 0 Å². The topological polar surface area (TPSA) is 72.6 Å². The van der Waals surface area contributed by atoms with Crippen molar-refractivity contribution in [3.63, 3.8) is 0 Å². The zero-order valence-corrected chi connectivity index (χ0v) is 17.6. The lowest BCUT2D eigenvalue weighted by Crippen LogP contribution is -2.27. The van der Waals surface area contributed by atoms with E-state index in [-0.39, 0.29) is 11.4 Å². The van der Waals surface area contributed by atoms with E-state index >= 15 is 0 Å². The van der Waals surface area contributed by atoms with Crippen molar-refractivity contribution in [1.29, 1.82) is 0 Å². The van der Waals surface area contributed by atoms with Crippen LogP contribution in [0.15, 0.2) is 40.9 Å². The van der Waals surface area contributed by atoms with Gasteiger partial charge in [-0.15, -0.1) is 0 Å². The maximum atomic E-state index is 13.0. The van der Waals surface area contributed by atoms with Crippen LogP contribution in [0.2, 0.25) is 5.02 Å². The van der Waals surface area contributed by atoms with Gasteiger partial charge in [0.25, 0.3) is 0 Å². The minimum absolute atomic E-state index is 0.170. The number of oxime groups is 1. The number of rotatable bonds is 5. The highest BCUT2D eigenvalue weighted by Gasteiger charge is 2.33. The summed E-state index contributed by atoms with van der Waals surface area (Å²) >= 11 is 6.36. The fraction of sp³-hybridized carbons (Fsp3) is 0.412. The molecule has 7 nitrogen and oxygen atoms in total. The average Bonchev–Trinajstić information content (AvgIpc) is 3.11. The van der Waals surface area contributed by atoms with Crippen LogP contribution in [0, 0.1) is 5.41 Å². The SMILES string of the molecule is CN(Sc1ccc(Cl)c(C(F)(F)F)c1)C(=O)ON=C(Cn1cncn1)C(C)(C)C. The van der Waals surface area contributed by atoms with E-state index in [9.17, 15) is 18.0 Å². The van der Waals surface area contributed by atoms with E-state index in [2.05, 4.69) is 15.2 Å². The molecular weight excluding hydrogens is 431 g/mol. The zero-order valence-electron chi connectivity index (χ0n) is 16.1. The number of nitrogens with zero attached hydrogens (tertiary/aromatic N) is 5. The lowest BCUT2D eigenvalue weighted by atomic mass is 9.90.